The van der Waals surface area contributed by atoms with Gasteiger partial charge in [0.25, 0.3) is 0 Å². The number of carbonyl (C=O) groups is 2. The van der Waals surface area contributed by atoms with Crippen LogP contribution < -0.4 is 5.32 Å². The summed E-state index contributed by atoms with van der Waals surface area (Å²) in [5.41, 5.74) is 0.970. The Kier molecular flexibility index (Phi) is 5.77. The fourth-order valence-electron chi connectivity index (χ4n) is 3.87. The Morgan fingerprint density at radius 2 is 1.96 bits per heavy atom. The molecule has 3 rings (SSSR count). The van der Waals surface area contributed by atoms with Crippen LogP contribution in [0.25, 0.3) is 0 Å². The second-order valence-electron chi connectivity index (χ2n) is 6.95. The van der Waals surface area contributed by atoms with E-state index >= 15 is 0 Å². The number of hydrogen-bond donors (Lipinski definition) is 1. The molecule has 0 bridgehead atoms. The van der Waals surface area contributed by atoms with E-state index in [4.69, 9.17) is 11.6 Å². The number of amides is 2. The molecule has 1 aromatic carbocycles. The van der Waals surface area contributed by atoms with Gasteiger partial charge < -0.3 is 10.2 Å². The highest BCUT2D eigenvalue weighted by atomic mass is 35.5. The first-order valence-corrected chi connectivity index (χ1v) is 9.33. The van der Waals surface area contributed by atoms with Crippen LogP contribution in [-0.2, 0) is 16.1 Å². The normalized spacial score (nSPS) is 21.2. The summed E-state index contributed by atoms with van der Waals surface area (Å²) in [6, 6.07) is 7.16. The number of nitrogens with zero attached hydrogens (tertiary/aromatic N) is 1. The van der Waals surface area contributed by atoms with E-state index in [-0.39, 0.29) is 17.9 Å². The molecule has 4 nitrogen and oxygen atoms in total. The van der Waals surface area contributed by atoms with Gasteiger partial charge in [-0.05, 0) is 49.3 Å². The lowest BCUT2D eigenvalue weighted by atomic mass is 10.0. The van der Waals surface area contributed by atoms with Crippen LogP contribution >= 0.6 is 11.6 Å². The molecule has 1 aliphatic carbocycles. The number of likely N-dealkylation sites (tertiary alicyclic amines) is 1. The van der Waals surface area contributed by atoms with Crippen LogP contribution in [0.5, 0.6) is 0 Å². The fourth-order valence-corrected chi connectivity index (χ4v) is 4.08. The van der Waals surface area contributed by atoms with Crippen molar-refractivity contribution in [2.24, 2.45) is 5.92 Å². The Labute approximate surface area is 148 Å². The molecule has 0 spiro atoms. The third kappa shape index (κ3) is 4.29. The zero-order chi connectivity index (χ0) is 16.9. The van der Waals surface area contributed by atoms with Gasteiger partial charge >= 0.3 is 0 Å². The molecule has 1 saturated heterocycles. The van der Waals surface area contributed by atoms with E-state index in [0.717, 1.165) is 31.2 Å². The summed E-state index contributed by atoms with van der Waals surface area (Å²) in [7, 11) is 0. The Morgan fingerprint density at radius 3 is 2.71 bits per heavy atom. The van der Waals surface area contributed by atoms with Crippen molar-refractivity contribution in [1.82, 2.24) is 10.2 Å². The minimum absolute atomic E-state index is 0.0488. The van der Waals surface area contributed by atoms with Gasteiger partial charge in [0, 0.05) is 24.5 Å². The van der Waals surface area contributed by atoms with Crippen molar-refractivity contribution in [2.75, 3.05) is 6.54 Å². The molecular weight excluding hydrogens is 324 g/mol. The van der Waals surface area contributed by atoms with E-state index in [1.807, 2.05) is 24.3 Å². The first-order chi connectivity index (χ1) is 11.6. The monoisotopic (exact) mass is 348 g/mol. The minimum atomic E-state index is -0.307. The topological polar surface area (TPSA) is 49.4 Å². The van der Waals surface area contributed by atoms with Crippen LogP contribution in [0.2, 0.25) is 5.02 Å². The maximum Gasteiger partial charge on any atom is 0.243 e. The molecule has 130 valence electrons. The lowest BCUT2D eigenvalue weighted by molar-refractivity contribution is -0.139. The van der Waals surface area contributed by atoms with Crippen molar-refractivity contribution in [2.45, 2.75) is 57.5 Å². The zero-order valence-corrected chi connectivity index (χ0v) is 14.7. The van der Waals surface area contributed by atoms with Gasteiger partial charge in [-0.3, -0.25) is 9.59 Å². The molecule has 2 aliphatic rings. The van der Waals surface area contributed by atoms with Gasteiger partial charge in [-0.25, -0.2) is 0 Å². The van der Waals surface area contributed by atoms with Crippen molar-refractivity contribution in [3.05, 3.63) is 34.9 Å². The van der Waals surface area contributed by atoms with Gasteiger partial charge in [-0.15, -0.1) is 0 Å². The van der Waals surface area contributed by atoms with E-state index in [1.54, 1.807) is 4.90 Å². The third-order valence-corrected chi connectivity index (χ3v) is 5.40. The first-order valence-electron chi connectivity index (χ1n) is 8.95. The summed E-state index contributed by atoms with van der Waals surface area (Å²) < 4.78 is 0. The predicted molar refractivity (Wildman–Crippen MR) is 94.6 cm³/mol. The SMILES string of the molecule is O=C(NCc1cccc(Cl)c1)[C@@H]1CCCN1C(=O)CC1CCCC1. The van der Waals surface area contributed by atoms with Crippen LogP contribution in [0.15, 0.2) is 24.3 Å². The maximum absolute atomic E-state index is 12.6. The molecule has 1 heterocycles. The number of benzene rings is 1. The zero-order valence-electron chi connectivity index (χ0n) is 14.0. The summed E-state index contributed by atoms with van der Waals surface area (Å²) in [4.78, 5) is 26.9. The van der Waals surface area contributed by atoms with Gasteiger partial charge in [0.1, 0.15) is 6.04 Å². The standard InChI is InChI=1S/C19H25ClN2O2/c20-16-8-3-7-15(11-16)13-21-19(24)17-9-4-10-22(17)18(23)12-14-5-1-2-6-14/h3,7-8,11,14,17H,1-2,4-6,9-10,12-13H2,(H,21,24)/t17-/m0/s1. The van der Waals surface area contributed by atoms with E-state index in [9.17, 15) is 9.59 Å². The molecule has 5 heteroatoms. The highest BCUT2D eigenvalue weighted by Crippen LogP contribution is 2.29. The van der Waals surface area contributed by atoms with E-state index in [1.165, 1.54) is 12.8 Å². The Hall–Kier alpha value is -1.55. The summed E-state index contributed by atoms with van der Waals surface area (Å²) >= 11 is 5.97. The molecule has 0 aromatic heterocycles. The summed E-state index contributed by atoms with van der Waals surface area (Å²) in [6.07, 6.45) is 7.07. The van der Waals surface area contributed by atoms with E-state index < -0.39 is 0 Å². The Morgan fingerprint density at radius 1 is 1.17 bits per heavy atom. The van der Waals surface area contributed by atoms with Crippen molar-refractivity contribution in [1.29, 1.82) is 0 Å². The number of carbonyl (C=O) groups excluding carboxylic acids is 2. The van der Waals surface area contributed by atoms with Gasteiger partial charge in [0.05, 0.1) is 0 Å². The van der Waals surface area contributed by atoms with E-state index in [2.05, 4.69) is 5.32 Å². The maximum atomic E-state index is 12.6. The highest BCUT2D eigenvalue weighted by molar-refractivity contribution is 6.30. The van der Waals surface area contributed by atoms with Crippen molar-refractivity contribution >= 4 is 23.4 Å². The van der Waals surface area contributed by atoms with Crippen LogP contribution in [0.1, 0.15) is 50.5 Å². The average molecular weight is 349 g/mol. The Bertz CT molecular complexity index is 599. The fraction of sp³-hybridized carbons (Fsp3) is 0.579. The lowest BCUT2D eigenvalue weighted by Gasteiger charge is -2.25. The quantitative estimate of drug-likeness (QED) is 0.885. The predicted octanol–water partition coefficient (Wildman–Crippen LogP) is 3.53. The number of rotatable bonds is 5. The molecule has 1 saturated carbocycles. The van der Waals surface area contributed by atoms with Gasteiger partial charge in [0.2, 0.25) is 11.8 Å². The van der Waals surface area contributed by atoms with E-state index in [0.29, 0.717) is 30.5 Å². The van der Waals surface area contributed by atoms with Gasteiger partial charge in [-0.1, -0.05) is 36.6 Å². The van der Waals surface area contributed by atoms with Crippen LogP contribution in [0.4, 0.5) is 0 Å². The molecule has 2 amide bonds. The molecular formula is C19H25ClN2O2. The lowest BCUT2D eigenvalue weighted by Crippen LogP contribution is -2.46. The van der Waals surface area contributed by atoms with Crippen molar-refractivity contribution < 1.29 is 9.59 Å². The molecule has 1 aliphatic heterocycles. The molecule has 1 aromatic rings. The number of hydrogen-bond acceptors (Lipinski definition) is 2. The number of halogens is 1. The largest absolute Gasteiger partial charge is 0.350 e. The molecule has 0 radical (unpaired) electrons. The minimum Gasteiger partial charge on any atom is -0.350 e. The smallest absolute Gasteiger partial charge is 0.243 e. The first kappa shape index (κ1) is 17.3. The Balaban J connectivity index is 1.53. The van der Waals surface area contributed by atoms with Gasteiger partial charge in [0.15, 0.2) is 0 Å². The second kappa shape index (κ2) is 8.02. The molecule has 1 atom stereocenters. The molecule has 1 N–H and O–H groups in total. The highest BCUT2D eigenvalue weighted by Gasteiger charge is 2.34. The van der Waals surface area contributed by atoms with Gasteiger partial charge in [-0.2, -0.15) is 0 Å². The molecule has 0 unspecified atom stereocenters. The second-order valence-corrected chi connectivity index (χ2v) is 7.38. The number of nitrogens with one attached hydrogen (secondary N) is 1. The van der Waals surface area contributed by atoms with Crippen molar-refractivity contribution in [3.8, 4) is 0 Å². The molecule has 2 fully saturated rings. The summed E-state index contributed by atoms with van der Waals surface area (Å²) in [5.74, 6) is 0.628. The van der Waals surface area contributed by atoms with Crippen molar-refractivity contribution in [3.63, 3.8) is 0 Å². The summed E-state index contributed by atoms with van der Waals surface area (Å²) in [5, 5.41) is 3.62. The third-order valence-electron chi connectivity index (χ3n) is 5.17. The average Bonchev–Trinajstić information content (AvgIpc) is 3.24. The van der Waals surface area contributed by atoms with Crippen LogP contribution in [-0.4, -0.2) is 29.3 Å². The molecule has 24 heavy (non-hydrogen) atoms. The van der Waals surface area contributed by atoms with Crippen LogP contribution in [0.3, 0.4) is 0 Å². The summed E-state index contributed by atoms with van der Waals surface area (Å²) in [6.45, 7) is 1.15. The van der Waals surface area contributed by atoms with Crippen LogP contribution in [0, 0.1) is 5.92 Å².